The van der Waals surface area contributed by atoms with Crippen molar-refractivity contribution in [1.29, 1.82) is 0 Å². The smallest absolute Gasteiger partial charge is 0.329 e. The maximum absolute atomic E-state index is 13.5. The maximum atomic E-state index is 13.5. The number of anilines is 1. The van der Waals surface area contributed by atoms with Gasteiger partial charge in [-0.15, -0.1) is 0 Å². The fraction of sp³-hybridized carbons (Fsp3) is 0.345. The molecule has 1 fully saturated rings. The lowest BCUT2D eigenvalue weighted by molar-refractivity contribution is -0.123. The van der Waals surface area contributed by atoms with E-state index in [2.05, 4.69) is 31.8 Å². The van der Waals surface area contributed by atoms with Gasteiger partial charge in [0.05, 0.1) is 5.69 Å². The molecular formula is C29H37N3O4SSi. The molecule has 0 saturated carbocycles. The van der Waals surface area contributed by atoms with Crippen LogP contribution in [-0.2, 0) is 34.5 Å². The first kappa shape index (κ1) is 27.9. The molecule has 0 unspecified atom stereocenters. The normalized spacial score (nSPS) is 16.1. The number of carbonyl (C=O) groups excluding carboxylic acids is 1. The predicted molar refractivity (Wildman–Crippen MR) is 155 cm³/mol. The van der Waals surface area contributed by atoms with E-state index in [-0.39, 0.29) is 25.7 Å². The molecule has 1 aliphatic heterocycles. The quantitative estimate of drug-likeness (QED) is 0.351. The van der Waals surface area contributed by atoms with Gasteiger partial charge < -0.3 is 10.5 Å². The monoisotopic (exact) mass is 551 g/mol. The van der Waals surface area contributed by atoms with E-state index in [0.29, 0.717) is 23.9 Å². The summed E-state index contributed by atoms with van der Waals surface area (Å²) in [7, 11) is -5.54. The highest BCUT2D eigenvalue weighted by atomic mass is 32.2. The molecule has 4 rings (SSSR count). The molecule has 3 aromatic carbocycles. The van der Waals surface area contributed by atoms with Crippen molar-refractivity contribution in [3.05, 3.63) is 95.6 Å². The largest absolute Gasteiger partial charge is 0.487 e. The van der Waals surface area contributed by atoms with Gasteiger partial charge in [0.2, 0.25) is 0 Å². The van der Waals surface area contributed by atoms with Crippen molar-refractivity contribution < 1.29 is 17.9 Å². The van der Waals surface area contributed by atoms with Crippen LogP contribution in [-0.4, -0.2) is 45.8 Å². The van der Waals surface area contributed by atoms with E-state index in [0.717, 1.165) is 27.4 Å². The van der Waals surface area contributed by atoms with Crippen LogP contribution in [0.5, 0.6) is 5.75 Å². The van der Waals surface area contributed by atoms with E-state index in [9.17, 15) is 13.2 Å². The van der Waals surface area contributed by atoms with Crippen LogP contribution in [0.1, 0.15) is 16.7 Å². The van der Waals surface area contributed by atoms with E-state index < -0.39 is 24.2 Å². The zero-order chi connectivity index (χ0) is 27.3. The van der Waals surface area contributed by atoms with E-state index in [4.69, 9.17) is 10.5 Å². The van der Waals surface area contributed by atoms with Crippen LogP contribution in [0.15, 0.2) is 78.9 Å². The van der Waals surface area contributed by atoms with Crippen LogP contribution in [0.3, 0.4) is 0 Å². The van der Waals surface area contributed by atoms with Crippen molar-refractivity contribution in [3.8, 4) is 5.75 Å². The SMILES string of the molecule is C[Si](C)(C)CCN1C(=O)CN(c2ccc(C[C@H](N)Cc3ccccc3)cc2OCc2ccccc2)S1(=O)=O. The number of ether oxygens (including phenoxy) is 1. The number of amides is 1. The zero-order valence-corrected chi connectivity index (χ0v) is 24.2. The Morgan fingerprint density at radius 2 is 1.50 bits per heavy atom. The molecule has 0 aliphatic carbocycles. The highest BCUT2D eigenvalue weighted by Crippen LogP contribution is 2.36. The standard InChI is InChI=1S/C29H37N3O4SSi/c1-38(2,3)17-16-31-29(33)21-32(37(31,34)35)27-15-14-25(19-26(30)18-23-10-6-4-7-11-23)20-28(27)36-22-24-12-8-5-9-13-24/h4-15,20,26H,16-19,21-22,30H2,1-3H3/t26-/m1/s1. The minimum absolute atomic E-state index is 0.112. The fourth-order valence-electron chi connectivity index (χ4n) is 4.45. The van der Waals surface area contributed by atoms with E-state index in [1.54, 1.807) is 6.07 Å². The fourth-order valence-corrected chi connectivity index (χ4v) is 7.06. The Hall–Kier alpha value is -3.14. The topological polar surface area (TPSA) is 92.9 Å². The van der Waals surface area contributed by atoms with E-state index in [1.165, 1.54) is 4.31 Å². The summed E-state index contributed by atoms with van der Waals surface area (Å²) in [4.78, 5) is 12.8. The molecule has 0 aromatic heterocycles. The Kier molecular flexibility index (Phi) is 8.60. The van der Waals surface area contributed by atoms with Crippen molar-refractivity contribution in [2.75, 3.05) is 17.4 Å². The summed E-state index contributed by atoms with van der Waals surface area (Å²) in [6.07, 6.45) is 1.33. The van der Waals surface area contributed by atoms with Gasteiger partial charge in [0.15, 0.2) is 0 Å². The summed E-state index contributed by atoms with van der Waals surface area (Å²) < 4.78 is 35.4. The summed E-state index contributed by atoms with van der Waals surface area (Å²) in [6.45, 7) is 6.73. The highest BCUT2D eigenvalue weighted by Gasteiger charge is 2.43. The Bertz CT molecular complexity index is 1350. The average molecular weight is 552 g/mol. The van der Waals surface area contributed by atoms with Crippen LogP contribution in [0.25, 0.3) is 0 Å². The second-order valence-corrected chi connectivity index (χ2v) is 18.4. The second-order valence-electron chi connectivity index (χ2n) is 11.0. The molecule has 38 heavy (non-hydrogen) atoms. The first-order valence-corrected chi connectivity index (χ1v) is 18.1. The minimum Gasteiger partial charge on any atom is -0.487 e. The van der Waals surface area contributed by atoms with Crippen molar-refractivity contribution in [3.63, 3.8) is 0 Å². The van der Waals surface area contributed by atoms with Crippen molar-refractivity contribution >= 4 is 29.9 Å². The van der Waals surface area contributed by atoms with Gasteiger partial charge in [0, 0.05) is 20.7 Å². The molecule has 1 amide bonds. The maximum Gasteiger partial charge on any atom is 0.329 e. The van der Waals surface area contributed by atoms with Gasteiger partial charge >= 0.3 is 10.2 Å². The van der Waals surface area contributed by atoms with Crippen molar-refractivity contribution in [2.24, 2.45) is 5.73 Å². The summed E-state index contributed by atoms with van der Waals surface area (Å²) in [5, 5.41) is 0. The Morgan fingerprint density at radius 3 is 2.13 bits per heavy atom. The number of hydrogen-bond donors (Lipinski definition) is 1. The number of rotatable bonds is 11. The van der Waals surface area contributed by atoms with Gasteiger partial charge in [0.1, 0.15) is 18.9 Å². The molecule has 1 saturated heterocycles. The summed E-state index contributed by atoms with van der Waals surface area (Å²) >= 11 is 0. The summed E-state index contributed by atoms with van der Waals surface area (Å²) in [5.74, 6) is 0.00732. The van der Waals surface area contributed by atoms with Gasteiger partial charge in [-0.25, -0.2) is 8.61 Å². The average Bonchev–Trinajstić information content (AvgIpc) is 3.09. The molecule has 1 heterocycles. The van der Waals surface area contributed by atoms with Gasteiger partial charge in [-0.3, -0.25) is 4.79 Å². The Labute approximate surface area is 227 Å². The molecule has 202 valence electrons. The molecule has 2 N–H and O–H groups in total. The lowest BCUT2D eigenvalue weighted by Crippen LogP contribution is -2.37. The van der Waals surface area contributed by atoms with Gasteiger partial charge in [0.25, 0.3) is 5.91 Å². The number of benzene rings is 3. The van der Waals surface area contributed by atoms with Crippen LogP contribution in [0.2, 0.25) is 25.7 Å². The summed E-state index contributed by atoms with van der Waals surface area (Å²) in [5.41, 5.74) is 9.90. The molecule has 1 aliphatic rings. The van der Waals surface area contributed by atoms with Crippen molar-refractivity contribution in [1.82, 2.24) is 4.31 Å². The third kappa shape index (κ3) is 7.03. The second kappa shape index (κ2) is 11.7. The van der Waals surface area contributed by atoms with Crippen LogP contribution in [0.4, 0.5) is 5.69 Å². The van der Waals surface area contributed by atoms with Gasteiger partial charge in [-0.1, -0.05) is 86.4 Å². The van der Waals surface area contributed by atoms with E-state index >= 15 is 0 Å². The number of nitrogens with zero attached hydrogens (tertiary/aromatic N) is 2. The van der Waals surface area contributed by atoms with E-state index in [1.807, 2.05) is 60.7 Å². The molecule has 7 nitrogen and oxygen atoms in total. The highest BCUT2D eigenvalue weighted by molar-refractivity contribution is 7.91. The molecule has 0 radical (unpaired) electrons. The lowest BCUT2D eigenvalue weighted by atomic mass is 9.99. The molecular weight excluding hydrogens is 514 g/mol. The third-order valence-electron chi connectivity index (χ3n) is 6.55. The van der Waals surface area contributed by atoms with Crippen LogP contribution >= 0.6 is 0 Å². The van der Waals surface area contributed by atoms with Gasteiger partial charge in [-0.2, -0.15) is 8.42 Å². The minimum atomic E-state index is -4.00. The van der Waals surface area contributed by atoms with Crippen LogP contribution < -0.4 is 14.8 Å². The predicted octanol–water partition coefficient (Wildman–Crippen LogP) is 4.61. The lowest BCUT2D eigenvalue weighted by Gasteiger charge is -2.24. The zero-order valence-electron chi connectivity index (χ0n) is 22.3. The van der Waals surface area contributed by atoms with Crippen molar-refractivity contribution in [2.45, 2.75) is 51.2 Å². The van der Waals surface area contributed by atoms with Gasteiger partial charge in [-0.05, 0) is 47.7 Å². The summed E-state index contributed by atoms with van der Waals surface area (Å²) in [6, 6.07) is 25.8. The molecule has 9 heteroatoms. The number of carbonyl (C=O) groups is 1. The number of nitrogens with two attached hydrogens (primary N) is 1. The Balaban J connectivity index is 1.59. The first-order chi connectivity index (χ1) is 18.0. The third-order valence-corrected chi connectivity index (χ3v) is 10.1. The molecule has 0 spiro atoms. The molecule has 1 atom stereocenters. The first-order valence-electron chi connectivity index (χ1n) is 13.0. The van der Waals surface area contributed by atoms with Crippen LogP contribution in [0, 0.1) is 0 Å². The number of hydrogen-bond acceptors (Lipinski definition) is 5. The Morgan fingerprint density at radius 1 is 0.895 bits per heavy atom. The molecule has 0 bridgehead atoms. The molecule has 3 aromatic rings.